The molecule has 0 heterocycles. The SMILES string of the molecule is COc1cc(/C=N/NC(=O)C(=O)Nc2cc(C)ccc2C)ccc1OCc1ccccc1Cl. The number of carbonyl (C=O) groups excluding carboxylic acids is 2. The second kappa shape index (κ2) is 11.2. The van der Waals surface area contributed by atoms with Crippen molar-refractivity contribution in [2.75, 3.05) is 12.4 Å². The summed E-state index contributed by atoms with van der Waals surface area (Å²) in [7, 11) is 1.53. The van der Waals surface area contributed by atoms with Gasteiger partial charge in [-0.05, 0) is 60.9 Å². The number of ether oxygens (including phenoxy) is 2. The summed E-state index contributed by atoms with van der Waals surface area (Å²) in [6.45, 7) is 4.04. The van der Waals surface area contributed by atoms with Crippen LogP contribution in [0.4, 0.5) is 5.69 Å². The summed E-state index contributed by atoms with van der Waals surface area (Å²) in [6, 6.07) is 18.2. The third-order valence-corrected chi connectivity index (χ3v) is 5.12. The molecule has 8 heteroatoms. The lowest BCUT2D eigenvalue weighted by Gasteiger charge is -2.12. The first-order valence-corrected chi connectivity index (χ1v) is 10.5. The molecule has 0 aliphatic rings. The maximum atomic E-state index is 12.1. The van der Waals surface area contributed by atoms with Crippen molar-refractivity contribution in [2.45, 2.75) is 20.5 Å². The van der Waals surface area contributed by atoms with Gasteiger partial charge in [-0.2, -0.15) is 5.10 Å². The van der Waals surface area contributed by atoms with Gasteiger partial charge in [-0.15, -0.1) is 0 Å². The first-order chi connectivity index (χ1) is 15.9. The number of carbonyl (C=O) groups is 2. The molecule has 0 aliphatic carbocycles. The summed E-state index contributed by atoms with van der Waals surface area (Å²) >= 11 is 6.16. The van der Waals surface area contributed by atoms with Crippen LogP contribution in [0.5, 0.6) is 11.5 Å². The zero-order valence-electron chi connectivity index (χ0n) is 18.5. The van der Waals surface area contributed by atoms with Crippen LogP contribution < -0.4 is 20.2 Å². The van der Waals surface area contributed by atoms with E-state index in [-0.39, 0.29) is 6.61 Å². The zero-order valence-corrected chi connectivity index (χ0v) is 19.3. The van der Waals surface area contributed by atoms with Gasteiger partial charge < -0.3 is 14.8 Å². The molecule has 0 saturated heterocycles. The van der Waals surface area contributed by atoms with Gasteiger partial charge in [-0.1, -0.05) is 41.9 Å². The normalized spacial score (nSPS) is 10.7. The number of aryl methyl sites for hydroxylation is 2. The molecular weight excluding hydrogens is 442 g/mol. The lowest BCUT2D eigenvalue weighted by Crippen LogP contribution is -2.32. The number of hydrogen-bond acceptors (Lipinski definition) is 5. The quantitative estimate of drug-likeness (QED) is 0.302. The maximum Gasteiger partial charge on any atom is 0.329 e. The highest BCUT2D eigenvalue weighted by molar-refractivity contribution is 6.39. The number of benzene rings is 3. The van der Waals surface area contributed by atoms with E-state index in [1.165, 1.54) is 13.3 Å². The molecule has 3 aromatic rings. The van der Waals surface area contributed by atoms with Crippen molar-refractivity contribution >= 4 is 35.3 Å². The van der Waals surface area contributed by atoms with Crippen LogP contribution in [0, 0.1) is 13.8 Å². The minimum absolute atomic E-state index is 0.287. The molecule has 0 aromatic heterocycles. The monoisotopic (exact) mass is 465 g/mol. The summed E-state index contributed by atoms with van der Waals surface area (Å²) < 4.78 is 11.2. The fourth-order valence-corrected chi connectivity index (χ4v) is 3.11. The van der Waals surface area contributed by atoms with E-state index in [0.717, 1.165) is 16.7 Å². The Morgan fingerprint density at radius 1 is 1.00 bits per heavy atom. The van der Waals surface area contributed by atoms with E-state index in [2.05, 4.69) is 15.8 Å². The third kappa shape index (κ3) is 6.57. The van der Waals surface area contributed by atoms with Crippen molar-refractivity contribution in [1.29, 1.82) is 0 Å². The van der Waals surface area contributed by atoms with Crippen molar-refractivity contribution in [3.05, 3.63) is 87.9 Å². The second-order valence-electron chi connectivity index (χ2n) is 7.26. The molecule has 170 valence electrons. The summed E-state index contributed by atoms with van der Waals surface area (Å²) in [5, 5.41) is 7.06. The molecule has 0 aliphatic heterocycles. The Morgan fingerprint density at radius 3 is 2.55 bits per heavy atom. The van der Waals surface area contributed by atoms with Crippen molar-refractivity contribution in [2.24, 2.45) is 5.10 Å². The Hall–Kier alpha value is -3.84. The fraction of sp³-hybridized carbons (Fsp3) is 0.160. The van der Waals surface area contributed by atoms with Gasteiger partial charge in [0.1, 0.15) is 6.61 Å². The molecule has 2 amide bonds. The molecule has 7 nitrogen and oxygen atoms in total. The topological polar surface area (TPSA) is 89.0 Å². The summed E-state index contributed by atoms with van der Waals surface area (Å²) in [5.41, 5.74) is 6.13. The van der Waals surface area contributed by atoms with E-state index >= 15 is 0 Å². The van der Waals surface area contributed by atoms with Crippen LogP contribution in [0.1, 0.15) is 22.3 Å². The number of nitrogens with zero attached hydrogens (tertiary/aromatic N) is 1. The van der Waals surface area contributed by atoms with Gasteiger partial charge in [-0.25, -0.2) is 5.43 Å². The Labute approximate surface area is 197 Å². The molecule has 0 bridgehead atoms. The van der Waals surface area contributed by atoms with Crippen molar-refractivity contribution in [3.8, 4) is 11.5 Å². The van der Waals surface area contributed by atoms with E-state index < -0.39 is 11.8 Å². The van der Waals surface area contributed by atoms with Crippen LogP contribution in [-0.2, 0) is 16.2 Å². The van der Waals surface area contributed by atoms with Gasteiger partial charge in [0, 0.05) is 16.3 Å². The maximum absolute atomic E-state index is 12.1. The molecule has 33 heavy (non-hydrogen) atoms. The van der Waals surface area contributed by atoms with Gasteiger partial charge in [0.25, 0.3) is 0 Å². The van der Waals surface area contributed by atoms with Crippen LogP contribution >= 0.6 is 11.6 Å². The molecule has 3 aromatic carbocycles. The van der Waals surface area contributed by atoms with Gasteiger partial charge in [0.2, 0.25) is 0 Å². The van der Waals surface area contributed by atoms with Crippen LogP contribution in [0.25, 0.3) is 0 Å². The van der Waals surface area contributed by atoms with Crippen molar-refractivity contribution in [1.82, 2.24) is 5.43 Å². The van der Waals surface area contributed by atoms with Crippen molar-refractivity contribution < 1.29 is 19.1 Å². The van der Waals surface area contributed by atoms with Crippen LogP contribution in [-0.4, -0.2) is 25.1 Å². The summed E-state index contributed by atoms with van der Waals surface area (Å²) in [6.07, 6.45) is 1.41. The number of rotatable bonds is 7. The number of nitrogens with one attached hydrogen (secondary N) is 2. The number of hydrazone groups is 1. The lowest BCUT2D eigenvalue weighted by atomic mass is 10.1. The molecule has 2 N–H and O–H groups in total. The lowest BCUT2D eigenvalue weighted by molar-refractivity contribution is -0.136. The standard InChI is InChI=1S/C25H24ClN3O4/c1-16-8-9-17(2)21(12-16)28-24(30)25(31)29-27-14-18-10-11-22(23(13-18)32-3)33-15-19-6-4-5-7-20(19)26/h4-14H,15H2,1-3H3,(H,28,30)(H,29,31)/b27-14+. The summed E-state index contributed by atoms with van der Waals surface area (Å²) in [4.78, 5) is 24.2. The average molecular weight is 466 g/mol. The number of hydrogen-bond donors (Lipinski definition) is 2. The highest BCUT2D eigenvalue weighted by atomic mass is 35.5. The molecule has 0 spiro atoms. The molecule has 0 saturated carbocycles. The van der Waals surface area contributed by atoms with Crippen molar-refractivity contribution in [3.63, 3.8) is 0 Å². The highest BCUT2D eigenvalue weighted by Gasteiger charge is 2.14. The molecule has 3 rings (SSSR count). The van der Waals surface area contributed by atoms with Gasteiger partial charge in [0.05, 0.1) is 13.3 Å². The number of amides is 2. The predicted molar refractivity (Wildman–Crippen MR) is 129 cm³/mol. The fourth-order valence-electron chi connectivity index (χ4n) is 2.92. The number of methoxy groups -OCH3 is 1. The van der Waals surface area contributed by atoms with E-state index in [9.17, 15) is 9.59 Å². The number of anilines is 1. The van der Waals surface area contributed by atoms with E-state index in [0.29, 0.717) is 27.8 Å². The van der Waals surface area contributed by atoms with Gasteiger partial charge >= 0.3 is 11.8 Å². The molecule has 0 radical (unpaired) electrons. The second-order valence-corrected chi connectivity index (χ2v) is 7.67. The van der Waals surface area contributed by atoms with Gasteiger partial charge in [-0.3, -0.25) is 9.59 Å². The molecule has 0 unspecified atom stereocenters. The Morgan fingerprint density at radius 2 is 1.79 bits per heavy atom. The summed E-state index contributed by atoms with van der Waals surface area (Å²) in [5.74, 6) is -0.655. The van der Waals surface area contributed by atoms with Crippen LogP contribution in [0.15, 0.2) is 65.8 Å². The van der Waals surface area contributed by atoms with Gasteiger partial charge in [0.15, 0.2) is 11.5 Å². The van der Waals surface area contributed by atoms with Crippen LogP contribution in [0.2, 0.25) is 5.02 Å². The smallest absolute Gasteiger partial charge is 0.329 e. The van der Waals surface area contributed by atoms with E-state index in [1.54, 1.807) is 30.3 Å². The highest BCUT2D eigenvalue weighted by Crippen LogP contribution is 2.29. The van der Waals surface area contributed by atoms with Crippen LogP contribution in [0.3, 0.4) is 0 Å². The third-order valence-electron chi connectivity index (χ3n) is 4.76. The molecule has 0 fully saturated rings. The molecule has 0 atom stereocenters. The first kappa shape index (κ1) is 23.8. The minimum Gasteiger partial charge on any atom is -0.493 e. The molecular formula is C25H24ClN3O4. The Bertz CT molecular complexity index is 1190. The largest absolute Gasteiger partial charge is 0.493 e. The Kier molecular flexibility index (Phi) is 8.05. The first-order valence-electron chi connectivity index (χ1n) is 10.1. The zero-order chi connectivity index (χ0) is 23.8. The number of halogens is 1. The van der Waals surface area contributed by atoms with E-state index in [1.807, 2.05) is 44.2 Å². The predicted octanol–water partition coefficient (Wildman–Crippen LogP) is 4.63. The van der Waals surface area contributed by atoms with E-state index in [4.69, 9.17) is 21.1 Å². The Balaban J connectivity index is 1.59. The minimum atomic E-state index is -0.876. The average Bonchev–Trinajstić information content (AvgIpc) is 2.81.